The maximum absolute atomic E-state index is 13.5. The third-order valence-electron chi connectivity index (χ3n) is 2.56. The molecule has 2 rings (SSSR count). The molecule has 0 saturated heterocycles. The Hall–Kier alpha value is -1.72. The number of carbonyl (C=O) groups is 2. The number of rotatable bonds is 7. The van der Waals surface area contributed by atoms with Crippen molar-refractivity contribution >= 4 is 52.4 Å². The molecule has 1 aromatic carbocycles. The highest BCUT2D eigenvalue weighted by Gasteiger charge is 2.19. The van der Waals surface area contributed by atoms with Gasteiger partial charge in [0.2, 0.25) is 11.8 Å². The van der Waals surface area contributed by atoms with Crippen LogP contribution in [-0.2, 0) is 9.59 Å². The van der Waals surface area contributed by atoms with E-state index in [9.17, 15) is 18.4 Å². The van der Waals surface area contributed by atoms with Crippen molar-refractivity contribution in [3.63, 3.8) is 0 Å². The van der Waals surface area contributed by atoms with Crippen molar-refractivity contribution in [2.75, 3.05) is 11.1 Å². The summed E-state index contributed by atoms with van der Waals surface area (Å²) in [5.74, 6) is -2.23. The SMILES string of the molecule is C[C@H](Sc1nnc(SCC(N)=O)s1)C(=O)Nc1cc(F)ccc1F. The van der Waals surface area contributed by atoms with E-state index >= 15 is 0 Å². The number of anilines is 1. The number of amides is 2. The molecule has 0 unspecified atom stereocenters. The van der Waals surface area contributed by atoms with Gasteiger partial charge in [-0.25, -0.2) is 8.78 Å². The van der Waals surface area contributed by atoms with Gasteiger partial charge in [0.25, 0.3) is 0 Å². The molecule has 1 aromatic heterocycles. The predicted molar refractivity (Wildman–Crippen MR) is 90.1 cm³/mol. The van der Waals surface area contributed by atoms with Crippen molar-refractivity contribution < 1.29 is 18.4 Å². The van der Waals surface area contributed by atoms with Gasteiger partial charge in [0.1, 0.15) is 11.6 Å². The van der Waals surface area contributed by atoms with Crippen LogP contribution >= 0.6 is 34.9 Å². The first-order valence-electron chi connectivity index (χ1n) is 6.52. The molecule has 0 saturated carbocycles. The molecule has 0 aliphatic carbocycles. The highest BCUT2D eigenvalue weighted by Crippen LogP contribution is 2.31. The van der Waals surface area contributed by atoms with Crippen LogP contribution in [0.5, 0.6) is 0 Å². The fourth-order valence-electron chi connectivity index (χ4n) is 1.47. The number of thioether (sulfide) groups is 2. The first-order valence-corrected chi connectivity index (χ1v) is 9.20. The number of primary amides is 1. The summed E-state index contributed by atoms with van der Waals surface area (Å²) in [7, 11) is 0. The molecule has 24 heavy (non-hydrogen) atoms. The molecule has 2 aromatic rings. The quantitative estimate of drug-likeness (QED) is 0.705. The molecule has 0 spiro atoms. The van der Waals surface area contributed by atoms with Gasteiger partial charge in [-0.1, -0.05) is 34.9 Å². The lowest BCUT2D eigenvalue weighted by atomic mass is 10.3. The third-order valence-corrected chi connectivity index (χ3v) is 5.82. The summed E-state index contributed by atoms with van der Waals surface area (Å²) >= 11 is 3.49. The molecular formula is C13H12F2N4O2S3. The number of hydrogen-bond acceptors (Lipinski definition) is 7. The van der Waals surface area contributed by atoms with Gasteiger partial charge in [-0.15, -0.1) is 10.2 Å². The Labute approximate surface area is 148 Å². The van der Waals surface area contributed by atoms with Gasteiger partial charge in [0, 0.05) is 6.07 Å². The Morgan fingerprint density at radius 1 is 1.33 bits per heavy atom. The topological polar surface area (TPSA) is 98.0 Å². The van der Waals surface area contributed by atoms with E-state index in [0.29, 0.717) is 8.68 Å². The van der Waals surface area contributed by atoms with Crippen LogP contribution in [0, 0.1) is 11.6 Å². The van der Waals surface area contributed by atoms with Gasteiger partial charge < -0.3 is 11.1 Å². The van der Waals surface area contributed by atoms with Crippen LogP contribution < -0.4 is 11.1 Å². The van der Waals surface area contributed by atoms with E-state index in [-0.39, 0.29) is 11.4 Å². The molecule has 0 radical (unpaired) electrons. The molecule has 1 heterocycles. The van der Waals surface area contributed by atoms with Crippen molar-refractivity contribution in [1.82, 2.24) is 10.2 Å². The third kappa shape index (κ3) is 5.42. The van der Waals surface area contributed by atoms with E-state index in [1.54, 1.807) is 6.92 Å². The van der Waals surface area contributed by atoms with Crippen molar-refractivity contribution in [3.05, 3.63) is 29.8 Å². The molecule has 3 N–H and O–H groups in total. The van der Waals surface area contributed by atoms with E-state index in [1.807, 2.05) is 0 Å². The molecule has 0 bridgehead atoms. The number of benzene rings is 1. The second-order valence-corrected chi connectivity index (χ2v) is 8.25. The minimum Gasteiger partial charge on any atom is -0.369 e. The van der Waals surface area contributed by atoms with Crippen LogP contribution in [0.4, 0.5) is 14.5 Å². The second kappa shape index (κ2) is 8.40. The van der Waals surface area contributed by atoms with Crippen LogP contribution in [0.15, 0.2) is 26.9 Å². The Balaban J connectivity index is 1.94. The maximum atomic E-state index is 13.5. The highest BCUT2D eigenvalue weighted by atomic mass is 32.2. The molecule has 11 heteroatoms. The molecule has 6 nitrogen and oxygen atoms in total. The number of nitrogens with zero attached hydrogens (tertiary/aromatic N) is 2. The average molecular weight is 390 g/mol. The second-order valence-electron chi connectivity index (χ2n) is 4.46. The van der Waals surface area contributed by atoms with Crippen molar-refractivity contribution in [1.29, 1.82) is 0 Å². The van der Waals surface area contributed by atoms with Crippen LogP contribution in [0.25, 0.3) is 0 Å². The molecule has 0 aliphatic heterocycles. The first-order chi connectivity index (χ1) is 11.3. The fourth-order valence-corrected chi connectivity index (χ4v) is 4.37. The largest absolute Gasteiger partial charge is 0.369 e. The standard InChI is InChI=1S/C13H12F2N4O2S3/c1-6(11(21)17-9-4-7(14)2-3-8(9)15)23-13-19-18-12(24-13)22-5-10(16)20/h2-4,6H,5H2,1H3,(H2,16,20)(H,17,21)/t6-/m0/s1. The van der Waals surface area contributed by atoms with E-state index in [1.165, 1.54) is 11.3 Å². The van der Waals surface area contributed by atoms with Crippen molar-refractivity contribution in [3.8, 4) is 0 Å². The van der Waals surface area contributed by atoms with Crippen LogP contribution in [0.3, 0.4) is 0 Å². The zero-order valence-electron chi connectivity index (χ0n) is 12.3. The number of aromatic nitrogens is 2. The molecule has 0 fully saturated rings. The number of carbonyl (C=O) groups excluding carboxylic acids is 2. The first kappa shape index (κ1) is 18.6. The highest BCUT2D eigenvalue weighted by molar-refractivity contribution is 8.04. The Bertz CT molecular complexity index is 757. The number of nitrogens with one attached hydrogen (secondary N) is 1. The molecule has 128 valence electrons. The smallest absolute Gasteiger partial charge is 0.237 e. The van der Waals surface area contributed by atoms with Crippen molar-refractivity contribution in [2.24, 2.45) is 5.73 Å². The van der Waals surface area contributed by atoms with Crippen LogP contribution in [0.1, 0.15) is 6.92 Å². The summed E-state index contributed by atoms with van der Waals surface area (Å²) < 4.78 is 27.7. The lowest BCUT2D eigenvalue weighted by molar-refractivity contribution is -0.116. The minimum atomic E-state index is -0.719. The normalized spacial score (nSPS) is 12.0. The van der Waals surface area contributed by atoms with Gasteiger partial charge in [-0.2, -0.15) is 0 Å². The summed E-state index contributed by atoms with van der Waals surface area (Å²) in [4.78, 5) is 22.8. The van der Waals surface area contributed by atoms with Crippen LogP contribution in [0.2, 0.25) is 0 Å². The van der Waals surface area contributed by atoms with Gasteiger partial charge in [0.05, 0.1) is 16.7 Å². The lowest BCUT2D eigenvalue weighted by Gasteiger charge is -2.10. The zero-order chi connectivity index (χ0) is 17.7. The number of halogens is 2. The predicted octanol–water partition coefficient (Wildman–Crippen LogP) is 2.51. The zero-order valence-corrected chi connectivity index (χ0v) is 14.7. The van der Waals surface area contributed by atoms with Gasteiger partial charge in [-0.3, -0.25) is 9.59 Å². The van der Waals surface area contributed by atoms with E-state index in [2.05, 4.69) is 15.5 Å². The summed E-state index contributed by atoms with van der Waals surface area (Å²) in [6, 6.07) is 2.82. The molecule has 0 aliphatic rings. The Morgan fingerprint density at radius 3 is 2.75 bits per heavy atom. The van der Waals surface area contributed by atoms with Gasteiger partial charge in [0.15, 0.2) is 8.68 Å². The van der Waals surface area contributed by atoms with E-state index in [4.69, 9.17) is 5.73 Å². The monoisotopic (exact) mass is 390 g/mol. The lowest BCUT2D eigenvalue weighted by Crippen LogP contribution is -2.23. The number of hydrogen-bond donors (Lipinski definition) is 2. The van der Waals surface area contributed by atoms with Crippen molar-refractivity contribution in [2.45, 2.75) is 20.9 Å². The maximum Gasteiger partial charge on any atom is 0.237 e. The number of nitrogens with two attached hydrogens (primary N) is 1. The van der Waals surface area contributed by atoms with E-state index in [0.717, 1.165) is 41.7 Å². The summed E-state index contributed by atoms with van der Waals surface area (Å²) in [6.07, 6.45) is 0. The minimum absolute atomic E-state index is 0.0915. The van der Waals surface area contributed by atoms with Gasteiger partial charge in [-0.05, 0) is 19.1 Å². The van der Waals surface area contributed by atoms with E-state index < -0.39 is 28.7 Å². The fraction of sp³-hybridized carbons (Fsp3) is 0.231. The molecular weight excluding hydrogens is 378 g/mol. The summed E-state index contributed by atoms with van der Waals surface area (Å²) in [6.45, 7) is 1.61. The molecule has 2 amide bonds. The molecule has 1 atom stereocenters. The van der Waals surface area contributed by atoms with Gasteiger partial charge >= 0.3 is 0 Å². The average Bonchev–Trinajstić information content (AvgIpc) is 2.96. The van der Waals surface area contributed by atoms with Crippen LogP contribution in [-0.4, -0.2) is 33.0 Å². The summed E-state index contributed by atoms with van der Waals surface area (Å²) in [5, 5.41) is 9.50. The Morgan fingerprint density at radius 2 is 2.04 bits per heavy atom. The summed E-state index contributed by atoms with van der Waals surface area (Å²) in [5.41, 5.74) is 4.82. The Kier molecular flexibility index (Phi) is 6.52.